The van der Waals surface area contributed by atoms with Crippen LogP contribution in [-0.4, -0.2) is 15.8 Å². The molecule has 7 nitrogen and oxygen atoms in total. The zero-order valence-corrected chi connectivity index (χ0v) is 17.7. The second-order valence-electron chi connectivity index (χ2n) is 7.67. The summed E-state index contributed by atoms with van der Waals surface area (Å²) in [7, 11) is 0. The summed E-state index contributed by atoms with van der Waals surface area (Å²) in [5.41, 5.74) is 3.84. The standard InChI is InChI=1S/C25H21N3O4/c1-16-7-10-22(13-17(16)2)27(25(30)18-8-11-21(12-9-18)28(31)32)15-20-14-19-5-3-4-6-23(19)26-24(20)29/h3-14H,15H2,1-2H3,(H,26,29). The largest absolute Gasteiger partial charge is 0.322 e. The zero-order valence-electron chi connectivity index (χ0n) is 17.7. The molecular formula is C25H21N3O4. The average molecular weight is 427 g/mol. The lowest BCUT2D eigenvalue weighted by Gasteiger charge is -2.24. The molecule has 32 heavy (non-hydrogen) atoms. The zero-order chi connectivity index (χ0) is 22.8. The van der Waals surface area contributed by atoms with Crippen LogP contribution in [0.3, 0.4) is 0 Å². The number of nitro benzene ring substituents is 1. The van der Waals surface area contributed by atoms with E-state index < -0.39 is 4.92 Å². The molecule has 4 aromatic rings. The van der Waals surface area contributed by atoms with Crippen molar-refractivity contribution in [2.24, 2.45) is 0 Å². The first kappa shape index (κ1) is 21.0. The molecule has 1 aromatic heterocycles. The number of nitrogens with one attached hydrogen (secondary N) is 1. The topological polar surface area (TPSA) is 96.3 Å². The van der Waals surface area contributed by atoms with E-state index in [1.165, 1.54) is 29.2 Å². The predicted octanol–water partition coefficient (Wildman–Crippen LogP) is 4.90. The molecule has 0 aliphatic carbocycles. The minimum atomic E-state index is -0.510. The number of nitro groups is 1. The van der Waals surface area contributed by atoms with Crippen molar-refractivity contribution in [1.29, 1.82) is 0 Å². The quantitative estimate of drug-likeness (QED) is 0.362. The SMILES string of the molecule is Cc1ccc(N(Cc2cc3ccccc3[nH]c2=O)C(=O)c2ccc([N+](=O)[O-])cc2)cc1C. The first-order chi connectivity index (χ1) is 15.3. The van der Waals surface area contributed by atoms with Crippen LogP contribution in [0.25, 0.3) is 10.9 Å². The van der Waals surface area contributed by atoms with Crippen molar-refractivity contribution in [3.63, 3.8) is 0 Å². The number of rotatable bonds is 5. The van der Waals surface area contributed by atoms with Crippen molar-refractivity contribution in [3.05, 3.63) is 116 Å². The molecule has 1 amide bonds. The van der Waals surface area contributed by atoms with Crippen molar-refractivity contribution in [2.75, 3.05) is 4.90 Å². The lowest BCUT2D eigenvalue weighted by molar-refractivity contribution is -0.384. The van der Waals surface area contributed by atoms with Gasteiger partial charge in [-0.1, -0.05) is 24.3 Å². The average Bonchev–Trinajstić information content (AvgIpc) is 2.79. The molecule has 0 spiro atoms. The van der Waals surface area contributed by atoms with E-state index in [9.17, 15) is 19.7 Å². The molecule has 3 aromatic carbocycles. The van der Waals surface area contributed by atoms with E-state index in [0.717, 1.165) is 22.0 Å². The van der Waals surface area contributed by atoms with Gasteiger partial charge in [-0.05, 0) is 66.8 Å². The number of fused-ring (bicyclic) bond motifs is 1. The maximum absolute atomic E-state index is 13.4. The molecule has 0 fully saturated rings. The number of carbonyl (C=O) groups excluding carboxylic acids is 1. The summed E-state index contributed by atoms with van der Waals surface area (Å²) < 4.78 is 0. The molecule has 0 bridgehead atoms. The van der Waals surface area contributed by atoms with Gasteiger partial charge in [-0.2, -0.15) is 0 Å². The number of hydrogen-bond acceptors (Lipinski definition) is 4. The van der Waals surface area contributed by atoms with E-state index in [2.05, 4.69) is 4.98 Å². The number of aryl methyl sites for hydroxylation is 2. The number of amides is 1. The van der Waals surface area contributed by atoms with Crippen LogP contribution < -0.4 is 10.5 Å². The second-order valence-corrected chi connectivity index (χ2v) is 7.67. The Morgan fingerprint density at radius 3 is 2.38 bits per heavy atom. The van der Waals surface area contributed by atoms with Gasteiger partial charge in [-0.15, -0.1) is 0 Å². The number of benzene rings is 3. The fourth-order valence-corrected chi connectivity index (χ4v) is 3.54. The molecular weight excluding hydrogens is 406 g/mol. The van der Waals surface area contributed by atoms with Crippen molar-refractivity contribution in [2.45, 2.75) is 20.4 Å². The van der Waals surface area contributed by atoms with E-state index in [0.29, 0.717) is 16.8 Å². The molecule has 0 saturated heterocycles. The van der Waals surface area contributed by atoms with Gasteiger partial charge in [0.2, 0.25) is 0 Å². The summed E-state index contributed by atoms with van der Waals surface area (Å²) in [5, 5.41) is 11.8. The van der Waals surface area contributed by atoms with Gasteiger partial charge in [0.15, 0.2) is 0 Å². The second kappa shape index (κ2) is 8.47. The van der Waals surface area contributed by atoms with Gasteiger partial charge < -0.3 is 9.88 Å². The van der Waals surface area contributed by atoms with Crippen LogP contribution >= 0.6 is 0 Å². The van der Waals surface area contributed by atoms with E-state index >= 15 is 0 Å². The third-order valence-electron chi connectivity index (χ3n) is 5.53. The Bertz CT molecular complexity index is 1390. The number of nitrogens with zero attached hydrogens (tertiary/aromatic N) is 2. The number of non-ortho nitro benzene ring substituents is 1. The highest BCUT2D eigenvalue weighted by molar-refractivity contribution is 6.06. The molecule has 0 radical (unpaired) electrons. The van der Waals surface area contributed by atoms with Crippen molar-refractivity contribution < 1.29 is 9.72 Å². The minimum absolute atomic E-state index is 0.0541. The summed E-state index contributed by atoms with van der Waals surface area (Å²) in [5.74, 6) is -0.351. The molecule has 0 unspecified atom stereocenters. The molecule has 1 heterocycles. The maximum atomic E-state index is 13.4. The number of carbonyl (C=O) groups is 1. The normalized spacial score (nSPS) is 10.8. The molecule has 7 heteroatoms. The lowest BCUT2D eigenvalue weighted by Crippen LogP contribution is -2.33. The third kappa shape index (κ3) is 4.13. The monoisotopic (exact) mass is 427 g/mol. The van der Waals surface area contributed by atoms with Gasteiger partial charge in [-0.25, -0.2) is 0 Å². The van der Waals surface area contributed by atoms with E-state index in [1.807, 2.05) is 56.3 Å². The highest BCUT2D eigenvalue weighted by Gasteiger charge is 2.21. The molecule has 0 aliphatic heterocycles. The van der Waals surface area contributed by atoms with Gasteiger partial charge in [0.05, 0.1) is 11.5 Å². The van der Waals surface area contributed by atoms with Crippen LogP contribution in [0.4, 0.5) is 11.4 Å². The Kier molecular flexibility index (Phi) is 5.55. The molecule has 0 saturated carbocycles. The Morgan fingerprint density at radius 2 is 1.69 bits per heavy atom. The van der Waals surface area contributed by atoms with Crippen molar-refractivity contribution >= 4 is 28.2 Å². The summed E-state index contributed by atoms with van der Waals surface area (Å²) in [6, 6.07) is 20.3. The number of anilines is 1. The van der Waals surface area contributed by atoms with Gasteiger partial charge in [0.1, 0.15) is 0 Å². The van der Waals surface area contributed by atoms with Crippen LogP contribution in [0.1, 0.15) is 27.0 Å². The Balaban J connectivity index is 1.78. The fourth-order valence-electron chi connectivity index (χ4n) is 3.54. The van der Waals surface area contributed by atoms with Crippen LogP contribution in [0.5, 0.6) is 0 Å². The van der Waals surface area contributed by atoms with E-state index in [-0.39, 0.29) is 23.7 Å². The Labute approximate surface area is 184 Å². The lowest BCUT2D eigenvalue weighted by atomic mass is 10.1. The Hall–Kier alpha value is -4.26. The highest BCUT2D eigenvalue weighted by Crippen LogP contribution is 2.24. The number of para-hydroxylation sites is 1. The molecule has 4 rings (SSSR count). The van der Waals surface area contributed by atoms with Crippen LogP contribution in [0, 0.1) is 24.0 Å². The number of aromatic amines is 1. The number of H-pyrrole nitrogens is 1. The fraction of sp³-hybridized carbons (Fsp3) is 0.120. The molecule has 1 N–H and O–H groups in total. The number of hydrogen-bond donors (Lipinski definition) is 1. The van der Waals surface area contributed by atoms with Crippen LogP contribution in [-0.2, 0) is 6.54 Å². The smallest absolute Gasteiger partial charge is 0.269 e. The first-order valence-corrected chi connectivity index (χ1v) is 10.1. The number of aromatic nitrogens is 1. The van der Waals surface area contributed by atoms with Crippen molar-refractivity contribution in [1.82, 2.24) is 4.98 Å². The summed E-state index contributed by atoms with van der Waals surface area (Å²) in [6.07, 6.45) is 0. The predicted molar refractivity (Wildman–Crippen MR) is 124 cm³/mol. The third-order valence-corrected chi connectivity index (χ3v) is 5.53. The van der Waals surface area contributed by atoms with Gasteiger partial charge in [-0.3, -0.25) is 19.7 Å². The molecule has 160 valence electrons. The summed E-state index contributed by atoms with van der Waals surface area (Å²) in [4.78, 5) is 41.0. The van der Waals surface area contributed by atoms with Gasteiger partial charge in [0.25, 0.3) is 17.2 Å². The summed E-state index contributed by atoms with van der Waals surface area (Å²) in [6.45, 7) is 3.99. The molecule has 0 aliphatic rings. The van der Waals surface area contributed by atoms with Crippen LogP contribution in [0.15, 0.2) is 77.6 Å². The van der Waals surface area contributed by atoms with E-state index in [4.69, 9.17) is 0 Å². The number of pyridine rings is 1. The highest BCUT2D eigenvalue weighted by atomic mass is 16.6. The Morgan fingerprint density at radius 1 is 0.969 bits per heavy atom. The van der Waals surface area contributed by atoms with Gasteiger partial charge >= 0.3 is 0 Å². The minimum Gasteiger partial charge on any atom is -0.322 e. The van der Waals surface area contributed by atoms with Gasteiger partial charge in [0, 0.05) is 34.5 Å². The van der Waals surface area contributed by atoms with Crippen LogP contribution in [0.2, 0.25) is 0 Å². The van der Waals surface area contributed by atoms with Crippen molar-refractivity contribution in [3.8, 4) is 0 Å². The maximum Gasteiger partial charge on any atom is 0.269 e. The summed E-state index contributed by atoms with van der Waals surface area (Å²) >= 11 is 0. The van der Waals surface area contributed by atoms with E-state index in [1.54, 1.807) is 6.07 Å². The molecule has 0 atom stereocenters. The first-order valence-electron chi connectivity index (χ1n) is 10.1.